The van der Waals surface area contributed by atoms with E-state index < -0.39 is 11.6 Å². The molecule has 0 saturated heterocycles. The molecule has 0 bridgehead atoms. The van der Waals surface area contributed by atoms with Crippen LogP contribution in [0, 0.1) is 24.0 Å². The molecule has 3 heteroatoms. The average Bonchev–Trinajstić information content (AvgIpc) is 2.23. The van der Waals surface area contributed by atoms with E-state index in [9.17, 15) is 8.78 Å². The van der Waals surface area contributed by atoms with Crippen molar-refractivity contribution >= 4 is 0 Å². The topological polar surface area (TPSA) is 12.0 Å². The zero-order valence-corrected chi connectivity index (χ0v) is 8.56. The molecule has 0 aromatic heterocycles. The van der Waals surface area contributed by atoms with E-state index in [0.717, 1.165) is 12.6 Å². The normalized spacial score (nSPS) is 12.1. The van der Waals surface area contributed by atoms with E-state index in [0.29, 0.717) is 12.0 Å². The van der Waals surface area contributed by atoms with Crippen molar-refractivity contribution < 1.29 is 8.78 Å². The second kappa shape index (κ2) is 5.47. The van der Waals surface area contributed by atoms with Crippen LogP contribution in [-0.4, -0.2) is 12.6 Å². The van der Waals surface area contributed by atoms with Gasteiger partial charge in [0.1, 0.15) is 0 Å². The van der Waals surface area contributed by atoms with Crippen LogP contribution in [0.5, 0.6) is 0 Å². The maximum atomic E-state index is 12.9. The third-order valence-corrected chi connectivity index (χ3v) is 2.08. The molecule has 0 heterocycles. The van der Waals surface area contributed by atoms with Crippen LogP contribution < -0.4 is 5.32 Å². The van der Waals surface area contributed by atoms with Gasteiger partial charge in [0.05, 0.1) is 6.04 Å². The molecule has 0 fully saturated rings. The number of halogens is 2. The van der Waals surface area contributed by atoms with Crippen molar-refractivity contribution in [2.45, 2.75) is 19.4 Å². The fourth-order valence-electron chi connectivity index (χ4n) is 1.34. The zero-order valence-electron chi connectivity index (χ0n) is 8.56. The van der Waals surface area contributed by atoms with E-state index in [1.807, 2.05) is 6.92 Å². The second-order valence-corrected chi connectivity index (χ2v) is 3.23. The molecule has 1 nitrogen and oxygen atoms in total. The summed E-state index contributed by atoms with van der Waals surface area (Å²) in [6, 6.07) is 3.70. The van der Waals surface area contributed by atoms with Crippen LogP contribution in [0.3, 0.4) is 0 Å². The van der Waals surface area contributed by atoms with Gasteiger partial charge in [-0.1, -0.05) is 18.9 Å². The van der Waals surface area contributed by atoms with E-state index in [2.05, 4.69) is 11.2 Å². The number of benzene rings is 1. The van der Waals surface area contributed by atoms with Gasteiger partial charge in [-0.2, -0.15) is 0 Å². The van der Waals surface area contributed by atoms with Crippen LogP contribution in [0.15, 0.2) is 18.2 Å². The smallest absolute Gasteiger partial charge is 0.159 e. The molecule has 1 rings (SSSR count). The lowest BCUT2D eigenvalue weighted by Gasteiger charge is -2.11. The Bertz CT molecular complexity index is 368. The molecule has 0 amide bonds. The summed E-state index contributed by atoms with van der Waals surface area (Å²) in [5.41, 5.74) is 0.692. The molecule has 1 N–H and O–H groups in total. The van der Waals surface area contributed by atoms with Crippen LogP contribution in [-0.2, 0) is 6.42 Å². The standard InChI is InChI=1S/C12H13F2N/c1-3-10(15-4-2)7-9-5-6-11(13)12(14)8-9/h1,5-6,8,10,15H,4,7H2,2H3. The number of terminal acetylenes is 1. The molecule has 0 aliphatic heterocycles. The highest BCUT2D eigenvalue weighted by molar-refractivity contribution is 5.21. The lowest BCUT2D eigenvalue weighted by atomic mass is 10.1. The Morgan fingerprint density at radius 2 is 2.13 bits per heavy atom. The van der Waals surface area contributed by atoms with Crippen LogP contribution >= 0.6 is 0 Å². The maximum Gasteiger partial charge on any atom is 0.159 e. The van der Waals surface area contributed by atoms with Crippen molar-refractivity contribution in [3.05, 3.63) is 35.4 Å². The molecular formula is C12H13F2N. The molecule has 0 saturated carbocycles. The van der Waals surface area contributed by atoms with Gasteiger partial charge < -0.3 is 5.32 Å². The van der Waals surface area contributed by atoms with Crippen molar-refractivity contribution in [2.75, 3.05) is 6.54 Å². The first-order chi connectivity index (χ1) is 7.17. The van der Waals surface area contributed by atoms with E-state index in [1.165, 1.54) is 6.07 Å². The Hall–Kier alpha value is -1.40. The summed E-state index contributed by atoms with van der Waals surface area (Å²) in [5.74, 6) is 0.891. The third kappa shape index (κ3) is 3.34. The van der Waals surface area contributed by atoms with Gasteiger partial charge in [0, 0.05) is 0 Å². The van der Waals surface area contributed by atoms with Crippen molar-refractivity contribution in [1.82, 2.24) is 5.32 Å². The Labute approximate surface area is 88.5 Å². The van der Waals surface area contributed by atoms with Crippen molar-refractivity contribution in [1.29, 1.82) is 0 Å². The maximum absolute atomic E-state index is 12.9. The van der Waals surface area contributed by atoms with Crippen molar-refractivity contribution in [3.63, 3.8) is 0 Å². The van der Waals surface area contributed by atoms with Gasteiger partial charge in [0.2, 0.25) is 0 Å². The van der Waals surface area contributed by atoms with E-state index >= 15 is 0 Å². The molecule has 0 aliphatic rings. The van der Waals surface area contributed by atoms with Crippen molar-refractivity contribution in [2.24, 2.45) is 0 Å². The zero-order chi connectivity index (χ0) is 11.3. The SMILES string of the molecule is C#CC(Cc1ccc(F)c(F)c1)NCC. The van der Waals surface area contributed by atoms with Crippen LogP contribution in [0.1, 0.15) is 12.5 Å². The number of rotatable bonds is 4. The molecule has 0 radical (unpaired) electrons. The highest BCUT2D eigenvalue weighted by Gasteiger charge is 2.07. The largest absolute Gasteiger partial charge is 0.304 e. The summed E-state index contributed by atoms with van der Waals surface area (Å²) in [7, 11) is 0. The van der Waals surface area contributed by atoms with E-state index in [1.54, 1.807) is 6.07 Å². The fourth-order valence-corrected chi connectivity index (χ4v) is 1.34. The van der Waals surface area contributed by atoms with Crippen molar-refractivity contribution in [3.8, 4) is 12.3 Å². The first-order valence-electron chi connectivity index (χ1n) is 4.80. The highest BCUT2D eigenvalue weighted by Crippen LogP contribution is 2.10. The van der Waals surface area contributed by atoms with Gasteiger partial charge in [0.15, 0.2) is 11.6 Å². The number of hydrogen-bond donors (Lipinski definition) is 1. The molecule has 15 heavy (non-hydrogen) atoms. The quantitative estimate of drug-likeness (QED) is 0.749. The summed E-state index contributed by atoms with van der Waals surface area (Å²) >= 11 is 0. The van der Waals surface area contributed by atoms with E-state index in [4.69, 9.17) is 6.42 Å². The lowest BCUT2D eigenvalue weighted by molar-refractivity contribution is 0.506. The fraction of sp³-hybridized carbons (Fsp3) is 0.333. The molecule has 0 spiro atoms. The molecule has 1 atom stereocenters. The minimum atomic E-state index is -0.834. The van der Waals surface area contributed by atoms with Crippen LogP contribution in [0.4, 0.5) is 8.78 Å². The predicted octanol–water partition coefficient (Wildman–Crippen LogP) is 2.12. The van der Waals surface area contributed by atoms with Gasteiger partial charge in [-0.3, -0.25) is 0 Å². The van der Waals surface area contributed by atoms with Gasteiger partial charge >= 0.3 is 0 Å². The molecular weight excluding hydrogens is 196 g/mol. The summed E-state index contributed by atoms with van der Waals surface area (Å²) in [6.07, 6.45) is 5.80. The summed E-state index contributed by atoms with van der Waals surface area (Å²) < 4.78 is 25.5. The third-order valence-electron chi connectivity index (χ3n) is 2.08. The van der Waals surface area contributed by atoms with Gasteiger partial charge in [-0.05, 0) is 30.7 Å². The molecule has 1 aromatic carbocycles. The second-order valence-electron chi connectivity index (χ2n) is 3.23. The lowest BCUT2D eigenvalue weighted by Crippen LogP contribution is -2.29. The first kappa shape index (κ1) is 11.7. The Balaban J connectivity index is 2.72. The minimum absolute atomic E-state index is 0.139. The predicted molar refractivity (Wildman–Crippen MR) is 56.4 cm³/mol. The highest BCUT2D eigenvalue weighted by atomic mass is 19.2. The summed E-state index contributed by atoms with van der Waals surface area (Å²) in [4.78, 5) is 0. The Morgan fingerprint density at radius 3 is 2.67 bits per heavy atom. The first-order valence-corrected chi connectivity index (χ1v) is 4.80. The van der Waals surface area contributed by atoms with Gasteiger partial charge in [-0.15, -0.1) is 6.42 Å². The average molecular weight is 209 g/mol. The molecule has 80 valence electrons. The monoisotopic (exact) mass is 209 g/mol. The van der Waals surface area contributed by atoms with Gasteiger partial charge in [-0.25, -0.2) is 8.78 Å². The van der Waals surface area contributed by atoms with E-state index in [-0.39, 0.29) is 6.04 Å². The number of hydrogen-bond acceptors (Lipinski definition) is 1. The van der Waals surface area contributed by atoms with Gasteiger partial charge in [0.25, 0.3) is 0 Å². The number of likely N-dealkylation sites (N-methyl/N-ethyl adjacent to an activating group) is 1. The Morgan fingerprint density at radius 1 is 1.40 bits per heavy atom. The summed E-state index contributed by atoms with van der Waals surface area (Å²) in [6.45, 7) is 2.69. The summed E-state index contributed by atoms with van der Waals surface area (Å²) in [5, 5.41) is 3.06. The molecule has 1 unspecified atom stereocenters. The molecule has 0 aliphatic carbocycles. The number of nitrogens with one attached hydrogen (secondary N) is 1. The van der Waals surface area contributed by atoms with Crippen LogP contribution in [0.25, 0.3) is 0 Å². The Kier molecular flexibility index (Phi) is 4.26. The molecule has 1 aromatic rings. The van der Waals surface area contributed by atoms with Crippen LogP contribution in [0.2, 0.25) is 0 Å². The minimum Gasteiger partial charge on any atom is -0.304 e.